The predicted octanol–water partition coefficient (Wildman–Crippen LogP) is 4.70. The number of carbonyl (C=O) groups is 1. The van der Waals surface area contributed by atoms with Crippen LogP contribution in [0.15, 0.2) is 42.5 Å². The van der Waals surface area contributed by atoms with Gasteiger partial charge >= 0.3 is 0 Å². The van der Waals surface area contributed by atoms with Crippen LogP contribution in [0.3, 0.4) is 0 Å². The van der Waals surface area contributed by atoms with Crippen LogP contribution in [0.2, 0.25) is 0 Å². The summed E-state index contributed by atoms with van der Waals surface area (Å²) in [6.07, 6.45) is 1.88. The Morgan fingerprint density at radius 1 is 1.07 bits per heavy atom. The molecule has 0 radical (unpaired) electrons. The molecular weight excluding hydrogens is 332 g/mol. The number of piperidine rings is 1. The van der Waals surface area contributed by atoms with E-state index in [1.54, 1.807) is 0 Å². The van der Waals surface area contributed by atoms with E-state index in [-0.39, 0.29) is 17.9 Å². The minimum atomic E-state index is 0.0581. The second-order valence-electron chi connectivity index (χ2n) is 8.13. The number of aryl methyl sites for hydroxylation is 3. The maximum Gasteiger partial charge on any atom is 0.223 e. The highest BCUT2D eigenvalue weighted by atomic mass is 16.1. The monoisotopic (exact) mass is 364 g/mol. The minimum Gasteiger partial charge on any atom is -0.349 e. The zero-order valence-electron chi connectivity index (χ0n) is 17.1. The lowest BCUT2D eigenvalue weighted by Crippen LogP contribution is -2.41. The first kappa shape index (κ1) is 19.6. The lowest BCUT2D eigenvalue weighted by Gasteiger charge is -2.32. The van der Waals surface area contributed by atoms with Gasteiger partial charge in [0.1, 0.15) is 0 Å². The van der Waals surface area contributed by atoms with E-state index >= 15 is 0 Å². The quantitative estimate of drug-likeness (QED) is 0.834. The zero-order chi connectivity index (χ0) is 19.4. The van der Waals surface area contributed by atoms with Crippen molar-refractivity contribution >= 4 is 5.91 Å². The lowest BCUT2D eigenvalue weighted by atomic mass is 9.94. The molecule has 1 amide bonds. The van der Waals surface area contributed by atoms with Gasteiger partial charge in [-0.2, -0.15) is 0 Å². The molecule has 1 atom stereocenters. The second-order valence-corrected chi connectivity index (χ2v) is 8.13. The maximum atomic E-state index is 12.8. The van der Waals surface area contributed by atoms with Crippen LogP contribution in [0.5, 0.6) is 0 Å². The Morgan fingerprint density at radius 2 is 1.78 bits per heavy atom. The summed E-state index contributed by atoms with van der Waals surface area (Å²) < 4.78 is 0. The van der Waals surface area contributed by atoms with Crippen LogP contribution in [0.1, 0.15) is 53.6 Å². The van der Waals surface area contributed by atoms with Crippen LogP contribution in [0, 0.1) is 26.7 Å². The van der Waals surface area contributed by atoms with Gasteiger partial charge in [0.2, 0.25) is 5.91 Å². The van der Waals surface area contributed by atoms with E-state index in [0.717, 1.165) is 32.5 Å². The van der Waals surface area contributed by atoms with Crippen LogP contribution in [0.4, 0.5) is 0 Å². The minimum absolute atomic E-state index is 0.0581. The van der Waals surface area contributed by atoms with Crippen LogP contribution in [-0.2, 0) is 11.3 Å². The molecule has 27 heavy (non-hydrogen) atoms. The van der Waals surface area contributed by atoms with Crippen LogP contribution >= 0.6 is 0 Å². The highest BCUT2D eigenvalue weighted by Crippen LogP contribution is 2.23. The number of hydrogen-bond donors (Lipinski definition) is 1. The van der Waals surface area contributed by atoms with Crippen molar-refractivity contribution in [3.8, 4) is 0 Å². The molecule has 1 N–H and O–H groups in total. The molecule has 0 bridgehead atoms. The van der Waals surface area contributed by atoms with E-state index < -0.39 is 0 Å². The smallest absolute Gasteiger partial charge is 0.223 e. The molecule has 1 aliphatic rings. The Hall–Kier alpha value is -2.13. The van der Waals surface area contributed by atoms with Gasteiger partial charge in [-0.3, -0.25) is 9.69 Å². The Kier molecular flexibility index (Phi) is 6.33. The van der Waals surface area contributed by atoms with Crippen molar-refractivity contribution in [3.63, 3.8) is 0 Å². The fourth-order valence-corrected chi connectivity index (χ4v) is 4.06. The van der Waals surface area contributed by atoms with Crippen LogP contribution in [0.25, 0.3) is 0 Å². The van der Waals surface area contributed by atoms with Crippen molar-refractivity contribution in [2.45, 2.75) is 53.1 Å². The van der Waals surface area contributed by atoms with Gasteiger partial charge in [0.15, 0.2) is 0 Å². The third kappa shape index (κ3) is 5.20. The fourth-order valence-electron chi connectivity index (χ4n) is 4.06. The average molecular weight is 365 g/mol. The van der Waals surface area contributed by atoms with Crippen LogP contribution < -0.4 is 5.32 Å². The molecule has 1 aliphatic heterocycles. The number of nitrogens with zero attached hydrogens (tertiary/aromatic N) is 1. The van der Waals surface area contributed by atoms with Crippen molar-refractivity contribution in [2.24, 2.45) is 5.92 Å². The molecule has 3 rings (SSSR count). The molecule has 0 saturated carbocycles. The van der Waals surface area contributed by atoms with Gasteiger partial charge in [-0.05, 0) is 70.3 Å². The van der Waals surface area contributed by atoms with Crippen LogP contribution in [-0.4, -0.2) is 23.9 Å². The topological polar surface area (TPSA) is 32.3 Å². The molecule has 1 saturated heterocycles. The highest BCUT2D eigenvalue weighted by molar-refractivity contribution is 5.79. The number of likely N-dealkylation sites (tertiary alicyclic amines) is 1. The van der Waals surface area contributed by atoms with Gasteiger partial charge in [-0.25, -0.2) is 0 Å². The Bertz CT molecular complexity index is 791. The lowest BCUT2D eigenvalue weighted by molar-refractivity contribution is -0.127. The Labute approximate surface area is 163 Å². The highest BCUT2D eigenvalue weighted by Gasteiger charge is 2.26. The van der Waals surface area contributed by atoms with Gasteiger partial charge in [0.25, 0.3) is 0 Å². The van der Waals surface area contributed by atoms with Gasteiger partial charge < -0.3 is 5.32 Å². The standard InChI is InChI=1S/C24H32N2O/c1-17-6-5-7-21(14-17)16-26-12-10-22(11-13-26)24(27)25-20(4)23-15-18(2)8-9-19(23)3/h5-9,14-15,20,22H,10-13,16H2,1-4H3,(H,25,27)/t20-/m0/s1. The third-order valence-electron chi connectivity index (χ3n) is 5.71. The van der Waals surface area contributed by atoms with Crippen molar-refractivity contribution in [3.05, 3.63) is 70.3 Å². The van der Waals surface area contributed by atoms with E-state index in [1.807, 2.05) is 0 Å². The van der Waals surface area contributed by atoms with Gasteiger partial charge in [0.05, 0.1) is 6.04 Å². The van der Waals surface area contributed by atoms with Crippen molar-refractivity contribution in [2.75, 3.05) is 13.1 Å². The molecule has 1 heterocycles. The number of nitrogens with one attached hydrogen (secondary N) is 1. The molecule has 2 aromatic carbocycles. The summed E-state index contributed by atoms with van der Waals surface area (Å²) in [5.41, 5.74) is 6.37. The molecule has 2 aromatic rings. The summed E-state index contributed by atoms with van der Waals surface area (Å²) in [5.74, 6) is 0.338. The summed E-state index contributed by atoms with van der Waals surface area (Å²) in [6.45, 7) is 11.4. The summed E-state index contributed by atoms with van der Waals surface area (Å²) in [5, 5.41) is 3.25. The van der Waals surface area contributed by atoms with Crippen molar-refractivity contribution in [1.82, 2.24) is 10.2 Å². The number of benzene rings is 2. The van der Waals surface area contributed by atoms with E-state index in [4.69, 9.17) is 0 Å². The number of carbonyl (C=O) groups excluding carboxylic acids is 1. The molecule has 0 spiro atoms. The molecule has 144 valence electrons. The van der Waals surface area contributed by atoms with Crippen molar-refractivity contribution < 1.29 is 4.79 Å². The first-order valence-corrected chi connectivity index (χ1v) is 10.1. The summed E-state index contributed by atoms with van der Waals surface area (Å²) >= 11 is 0. The molecule has 3 heteroatoms. The van der Waals surface area contributed by atoms with Crippen molar-refractivity contribution in [1.29, 1.82) is 0 Å². The Morgan fingerprint density at radius 3 is 2.48 bits per heavy atom. The van der Waals surface area contributed by atoms with Gasteiger partial charge in [-0.15, -0.1) is 0 Å². The molecular formula is C24H32N2O. The summed E-state index contributed by atoms with van der Waals surface area (Å²) in [7, 11) is 0. The molecule has 1 fully saturated rings. The third-order valence-corrected chi connectivity index (χ3v) is 5.71. The van der Waals surface area contributed by atoms with E-state index in [9.17, 15) is 4.79 Å². The first-order chi connectivity index (χ1) is 12.9. The molecule has 0 aliphatic carbocycles. The molecule has 0 unspecified atom stereocenters. The average Bonchev–Trinajstić information content (AvgIpc) is 2.64. The zero-order valence-corrected chi connectivity index (χ0v) is 17.1. The summed E-state index contributed by atoms with van der Waals surface area (Å²) in [6, 6.07) is 15.2. The normalized spacial score (nSPS) is 16.9. The van der Waals surface area contributed by atoms with E-state index in [2.05, 4.69) is 80.4 Å². The summed E-state index contributed by atoms with van der Waals surface area (Å²) in [4.78, 5) is 15.2. The number of rotatable bonds is 5. The van der Waals surface area contributed by atoms with E-state index in [1.165, 1.54) is 27.8 Å². The second kappa shape index (κ2) is 8.71. The largest absolute Gasteiger partial charge is 0.349 e. The van der Waals surface area contributed by atoms with E-state index in [0.29, 0.717) is 0 Å². The first-order valence-electron chi connectivity index (χ1n) is 10.1. The fraction of sp³-hybridized carbons (Fsp3) is 0.458. The van der Waals surface area contributed by atoms with Gasteiger partial charge in [0, 0.05) is 12.5 Å². The predicted molar refractivity (Wildman–Crippen MR) is 112 cm³/mol. The SMILES string of the molecule is Cc1cccc(CN2CCC(C(=O)N[C@@H](C)c3cc(C)ccc3C)CC2)c1. The van der Waals surface area contributed by atoms with Gasteiger partial charge in [-0.1, -0.05) is 53.6 Å². The number of hydrogen-bond acceptors (Lipinski definition) is 2. The molecule has 0 aromatic heterocycles. The Balaban J connectivity index is 1.51. The number of amides is 1. The molecule has 3 nitrogen and oxygen atoms in total. The maximum absolute atomic E-state index is 12.8.